The van der Waals surface area contributed by atoms with Gasteiger partial charge in [0.25, 0.3) is 0 Å². The first-order valence-corrected chi connectivity index (χ1v) is 7.58. The quantitative estimate of drug-likeness (QED) is 0.642. The summed E-state index contributed by atoms with van der Waals surface area (Å²) in [6, 6.07) is 17.1. The lowest BCUT2D eigenvalue weighted by molar-refractivity contribution is 1.08. The molecule has 0 N–H and O–H groups in total. The van der Waals surface area contributed by atoms with Gasteiger partial charge in [-0.25, -0.2) is 0 Å². The molecule has 0 saturated carbocycles. The molecule has 0 fully saturated rings. The zero-order chi connectivity index (χ0) is 13.9. The fourth-order valence-electron chi connectivity index (χ4n) is 2.39. The molecule has 1 nitrogen and oxygen atoms in total. The second-order valence-corrected chi connectivity index (χ2v) is 5.79. The third-order valence-corrected chi connectivity index (χ3v) is 4.45. The molecule has 0 spiro atoms. The lowest BCUT2D eigenvalue weighted by Crippen LogP contribution is -2.18. The maximum atomic E-state index is 2.33. The number of nitrogens with zero attached hydrogens (tertiary/aromatic N) is 1. The van der Waals surface area contributed by atoms with Crippen LogP contribution in [0.2, 0.25) is 0 Å². The van der Waals surface area contributed by atoms with Crippen molar-refractivity contribution in [1.29, 1.82) is 0 Å². The Morgan fingerprint density at radius 2 is 1.50 bits per heavy atom. The van der Waals surface area contributed by atoms with Crippen molar-refractivity contribution in [3.05, 3.63) is 72.5 Å². The van der Waals surface area contributed by atoms with Gasteiger partial charge in [-0.05, 0) is 44.2 Å². The van der Waals surface area contributed by atoms with Gasteiger partial charge in [0.1, 0.15) is 0 Å². The van der Waals surface area contributed by atoms with E-state index in [-0.39, 0.29) is 0 Å². The second kappa shape index (κ2) is 5.59. The van der Waals surface area contributed by atoms with E-state index in [2.05, 4.69) is 78.6 Å². The Morgan fingerprint density at radius 1 is 0.950 bits per heavy atom. The molecule has 1 heterocycles. The molecule has 0 aromatic heterocycles. The van der Waals surface area contributed by atoms with E-state index < -0.39 is 0 Å². The van der Waals surface area contributed by atoms with Crippen molar-refractivity contribution in [2.75, 3.05) is 4.90 Å². The summed E-state index contributed by atoms with van der Waals surface area (Å²) in [5.41, 5.74) is 3.74. The standard InChI is InChI=1S/C18H17NS/c1-3-4-9-14(2)19-15-10-5-7-12-17(15)20-18-13-8-6-11-16(18)19/h3-13H,1-2H3/b4-3-,14-9+. The molecule has 3 rings (SSSR count). The second-order valence-electron chi connectivity index (χ2n) is 4.71. The maximum Gasteiger partial charge on any atom is 0.0598 e. The molecule has 100 valence electrons. The Balaban J connectivity index is 2.17. The average molecular weight is 279 g/mol. The summed E-state index contributed by atoms with van der Waals surface area (Å²) in [6.07, 6.45) is 6.30. The Kier molecular flexibility index (Phi) is 3.66. The van der Waals surface area contributed by atoms with Gasteiger partial charge in [-0.3, -0.25) is 0 Å². The summed E-state index contributed by atoms with van der Waals surface area (Å²) in [4.78, 5) is 4.94. The van der Waals surface area contributed by atoms with Gasteiger partial charge >= 0.3 is 0 Å². The average Bonchev–Trinajstić information content (AvgIpc) is 2.50. The lowest BCUT2D eigenvalue weighted by atomic mass is 10.2. The van der Waals surface area contributed by atoms with Crippen LogP contribution in [0.5, 0.6) is 0 Å². The molecule has 1 aliphatic heterocycles. The molecule has 0 saturated heterocycles. The molecule has 20 heavy (non-hydrogen) atoms. The summed E-state index contributed by atoms with van der Waals surface area (Å²) in [5.74, 6) is 0. The van der Waals surface area contributed by atoms with E-state index in [0.717, 1.165) is 0 Å². The fourth-order valence-corrected chi connectivity index (χ4v) is 3.45. The molecule has 2 aromatic carbocycles. The predicted octanol–water partition coefficient (Wildman–Crippen LogP) is 5.77. The highest BCUT2D eigenvalue weighted by atomic mass is 32.2. The van der Waals surface area contributed by atoms with Crippen LogP contribution in [0, 0.1) is 0 Å². The zero-order valence-electron chi connectivity index (χ0n) is 11.7. The highest BCUT2D eigenvalue weighted by molar-refractivity contribution is 7.99. The van der Waals surface area contributed by atoms with Gasteiger partial charge in [0.2, 0.25) is 0 Å². The Morgan fingerprint density at radius 3 is 2.05 bits per heavy atom. The largest absolute Gasteiger partial charge is 0.312 e. The minimum Gasteiger partial charge on any atom is -0.312 e. The molecule has 0 radical (unpaired) electrons. The fraction of sp³-hybridized carbons (Fsp3) is 0.111. The number of allylic oxidation sites excluding steroid dienone is 4. The first-order valence-electron chi connectivity index (χ1n) is 6.77. The number of para-hydroxylation sites is 2. The molecule has 0 amide bonds. The van der Waals surface area contributed by atoms with Gasteiger partial charge < -0.3 is 4.90 Å². The van der Waals surface area contributed by atoms with Crippen molar-refractivity contribution < 1.29 is 0 Å². The van der Waals surface area contributed by atoms with E-state index in [4.69, 9.17) is 0 Å². The van der Waals surface area contributed by atoms with Gasteiger partial charge in [0.15, 0.2) is 0 Å². The number of hydrogen-bond acceptors (Lipinski definition) is 2. The molecular weight excluding hydrogens is 262 g/mol. The van der Waals surface area contributed by atoms with Crippen LogP contribution in [-0.4, -0.2) is 0 Å². The molecule has 1 aliphatic rings. The van der Waals surface area contributed by atoms with Crippen LogP contribution in [-0.2, 0) is 0 Å². The van der Waals surface area contributed by atoms with Crippen LogP contribution >= 0.6 is 11.8 Å². The molecular formula is C18H17NS. The first kappa shape index (κ1) is 13.1. The number of anilines is 2. The van der Waals surface area contributed by atoms with Gasteiger partial charge in [-0.15, -0.1) is 0 Å². The van der Waals surface area contributed by atoms with Crippen LogP contribution < -0.4 is 4.90 Å². The number of fused-ring (bicyclic) bond motifs is 2. The van der Waals surface area contributed by atoms with E-state index in [1.165, 1.54) is 26.9 Å². The molecule has 0 bridgehead atoms. The molecule has 0 unspecified atom stereocenters. The van der Waals surface area contributed by atoms with Crippen LogP contribution in [0.3, 0.4) is 0 Å². The minimum absolute atomic E-state index is 1.23. The van der Waals surface area contributed by atoms with Crippen LogP contribution in [0.1, 0.15) is 13.8 Å². The number of rotatable bonds is 2. The highest BCUT2D eigenvalue weighted by Gasteiger charge is 2.23. The first-order chi connectivity index (χ1) is 9.81. The van der Waals surface area contributed by atoms with Gasteiger partial charge in [0, 0.05) is 15.5 Å². The maximum absolute atomic E-state index is 2.33. The van der Waals surface area contributed by atoms with Gasteiger partial charge in [-0.1, -0.05) is 48.2 Å². The summed E-state index contributed by atoms with van der Waals surface area (Å²) < 4.78 is 0. The molecule has 0 aliphatic carbocycles. The van der Waals surface area contributed by atoms with E-state index in [0.29, 0.717) is 0 Å². The zero-order valence-corrected chi connectivity index (χ0v) is 12.5. The van der Waals surface area contributed by atoms with Crippen molar-refractivity contribution in [1.82, 2.24) is 0 Å². The Labute approximate surface area is 124 Å². The van der Waals surface area contributed by atoms with Crippen molar-refractivity contribution in [2.24, 2.45) is 0 Å². The number of hydrogen-bond donors (Lipinski definition) is 0. The Bertz CT molecular complexity index is 640. The van der Waals surface area contributed by atoms with Crippen LogP contribution in [0.25, 0.3) is 0 Å². The number of benzene rings is 2. The van der Waals surface area contributed by atoms with E-state index in [1.807, 2.05) is 18.7 Å². The monoisotopic (exact) mass is 279 g/mol. The van der Waals surface area contributed by atoms with Gasteiger partial charge in [-0.2, -0.15) is 0 Å². The molecule has 2 heteroatoms. The van der Waals surface area contributed by atoms with E-state index >= 15 is 0 Å². The summed E-state index contributed by atoms with van der Waals surface area (Å²) in [7, 11) is 0. The van der Waals surface area contributed by atoms with Crippen LogP contribution in [0.15, 0.2) is 82.2 Å². The van der Waals surface area contributed by atoms with E-state index in [9.17, 15) is 0 Å². The molecule has 0 atom stereocenters. The van der Waals surface area contributed by atoms with Crippen molar-refractivity contribution in [3.8, 4) is 0 Å². The smallest absolute Gasteiger partial charge is 0.0598 e. The predicted molar refractivity (Wildman–Crippen MR) is 87.7 cm³/mol. The summed E-state index contributed by atoms with van der Waals surface area (Å²) in [6.45, 7) is 4.20. The third kappa shape index (κ3) is 2.27. The summed E-state index contributed by atoms with van der Waals surface area (Å²) in [5, 5.41) is 0. The van der Waals surface area contributed by atoms with Gasteiger partial charge in [0.05, 0.1) is 11.4 Å². The normalized spacial score (nSPS) is 14.3. The minimum atomic E-state index is 1.23. The highest BCUT2D eigenvalue weighted by Crippen LogP contribution is 2.49. The van der Waals surface area contributed by atoms with Crippen molar-refractivity contribution in [2.45, 2.75) is 23.6 Å². The van der Waals surface area contributed by atoms with Crippen molar-refractivity contribution in [3.63, 3.8) is 0 Å². The molecule has 2 aromatic rings. The van der Waals surface area contributed by atoms with Crippen molar-refractivity contribution >= 4 is 23.1 Å². The lowest BCUT2D eigenvalue weighted by Gasteiger charge is -2.33. The third-order valence-electron chi connectivity index (χ3n) is 3.31. The Hall–Kier alpha value is -1.93. The topological polar surface area (TPSA) is 3.24 Å². The summed E-state index contributed by atoms with van der Waals surface area (Å²) >= 11 is 1.84. The van der Waals surface area contributed by atoms with Crippen LogP contribution in [0.4, 0.5) is 11.4 Å². The van der Waals surface area contributed by atoms with E-state index in [1.54, 1.807) is 0 Å². The SMILES string of the molecule is C/C=C\C=C(/C)N1c2ccccc2Sc2ccccc21.